The first kappa shape index (κ1) is 16.3. The van der Waals surface area contributed by atoms with Gasteiger partial charge >= 0.3 is 111 Å². The van der Waals surface area contributed by atoms with E-state index in [-0.39, 0.29) is 12.2 Å². The Labute approximate surface area is 111 Å². The van der Waals surface area contributed by atoms with Gasteiger partial charge in [-0.05, 0) is 0 Å². The molecule has 0 aromatic heterocycles. The second kappa shape index (κ2) is 7.13. The molecule has 0 aromatic rings. The van der Waals surface area contributed by atoms with Crippen molar-refractivity contribution >= 4 is 21.9 Å². The molecule has 1 unspecified atom stereocenters. The van der Waals surface area contributed by atoms with E-state index in [1.165, 1.54) is 0 Å². The summed E-state index contributed by atoms with van der Waals surface area (Å²) in [5.74, 6) is -0.623. The van der Waals surface area contributed by atoms with Crippen LogP contribution in [-0.4, -0.2) is 59.7 Å². The van der Waals surface area contributed by atoms with E-state index in [2.05, 4.69) is 0 Å². The third-order valence-corrected chi connectivity index (χ3v) is 3.25. The maximum absolute atomic E-state index is 5.87. The Kier molecular flexibility index (Phi) is 6.45. The Morgan fingerprint density at radius 2 is 2.00 bits per heavy atom. The topological polar surface area (TPSA) is 46.2 Å². The quantitative estimate of drug-likeness (QED) is 0.416. The first-order valence-corrected chi connectivity index (χ1v) is 7.70. The molecule has 1 rings (SSSR count). The third kappa shape index (κ3) is 4.72. The predicted octanol–water partition coefficient (Wildman–Crippen LogP) is 0.561. The predicted molar refractivity (Wildman–Crippen MR) is 73.4 cm³/mol. The summed E-state index contributed by atoms with van der Waals surface area (Å²) in [6, 6.07) is 0. The van der Waals surface area contributed by atoms with Gasteiger partial charge in [0.1, 0.15) is 0 Å². The minimum atomic E-state index is -1.02. The molecule has 0 aliphatic carbocycles. The second-order valence-electron chi connectivity index (χ2n) is 4.65. The molecule has 3 atom stereocenters. The van der Waals surface area contributed by atoms with Gasteiger partial charge in [0, 0.05) is 0 Å². The van der Waals surface area contributed by atoms with Crippen molar-refractivity contribution in [2.24, 2.45) is 0 Å². The Bertz CT molecular complexity index is 326. The van der Waals surface area contributed by atoms with E-state index in [1.807, 2.05) is 21.4 Å². The SMILES string of the molecule is B#P(B)O[C@@H](C(OC)OC)[C@H]1CCOC(C)(C)O1. The van der Waals surface area contributed by atoms with Gasteiger partial charge in [-0.1, -0.05) is 0 Å². The molecule has 0 spiro atoms. The number of hydrogen-bond donors (Lipinski definition) is 0. The van der Waals surface area contributed by atoms with Crippen molar-refractivity contribution < 1.29 is 23.5 Å². The molecule has 1 fully saturated rings. The van der Waals surface area contributed by atoms with Crippen molar-refractivity contribution in [1.29, 1.82) is 0 Å². The number of ether oxygens (including phenoxy) is 4. The molecule has 0 saturated carbocycles. The van der Waals surface area contributed by atoms with E-state index in [9.17, 15) is 0 Å². The van der Waals surface area contributed by atoms with Gasteiger partial charge in [0.2, 0.25) is 0 Å². The molecule has 1 heterocycles. The zero-order chi connectivity index (χ0) is 13.8. The summed E-state index contributed by atoms with van der Waals surface area (Å²) in [6.45, 7) is 4.37. The molecular weight excluding hydrogens is 253 g/mol. The number of methoxy groups -OCH3 is 2. The first-order valence-electron chi connectivity index (χ1n) is 5.92. The molecule has 1 aliphatic heterocycles. The molecule has 0 N–H and O–H groups in total. The van der Waals surface area contributed by atoms with Crippen LogP contribution in [0.4, 0.5) is 0 Å². The molecule has 102 valence electrons. The van der Waals surface area contributed by atoms with Crippen molar-refractivity contribution in [3.8, 4) is 0 Å². The molecular formula is C10H21B2O5P. The first-order chi connectivity index (χ1) is 8.39. The van der Waals surface area contributed by atoms with Crippen LogP contribution in [0.1, 0.15) is 20.3 Å². The molecule has 0 radical (unpaired) electrons. The van der Waals surface area contributed by atoms with Gasteiger partial charge in [-0.25, -0.2) is 0 Å². The summed E-state index contributed by atoms with van der Waals surface area (Å²) in [6.07, 6.45) is -0.297. The Balaban J connectivity index is 2.79. The average molecular weight is 274 g/mol. The molecule has 0 aromatic carbocycles. The summed E-state index contributed by atoms with van der Waals surface area (Å²) < 4.78 is 27.7. The normalized spacial score (nSPS) is 26.2. The summed E-state index contributed by atoms with van der Waals surface area (Å²) in [4.78, 5) is 0. The van der Waals surface area contributed by atoms with Gasteiger partial charge in [0.25, 0.3) is 0 Å². The van der Waals surface area contributed by atoms with Crippen LogP contribution in [-0.2, 0) is 23.5 Å². The molecule has 18 heavy (non-hydrogen) atoms. The standard InChI is InChI=1S/C10H21B2O5P/c1-10(2)15-6-5-7(16-10)8(17-18(11)12)9(13-3)14-4/h7-9H,5-6,11H2,1-4H3/t7-,8-/m1/s1. The van der Waals surface area contributed by atoms with Crippen LogP contribution < -0.4 is 0 Å². The van der Waals surface area contributed by atoms with Crippen molar-refractivity contribution in [2.75, 3.05) is 20.8 Å². The van der Waals surface area contributed by atoms with Crippen LogP contribution >= 0.6 is 7.34 Å². The fraction of sp³-hybridized carbons (Fsp3) is 1.00. The third-order valence-electron chi connectivity index (χ3n) is 2.67. The van der Waals surface area contributed by atoms with Crippen LogP contribution in [0.15, 0.2) is 0 Å². The zero-order valence-electron chi connectivity index (χ0n) is 11.7. The Morgan fingerprint density at radius 1 is 1.39 bits per heavy atom. The maximum atomic E-state index is 5.87. The van der Waals surface area contributed by atoms with E-state index in [0.29, 0.717) is 6.61 Å². The fourth-order valence-corrected chi connectivity index (χ4v) is 2.58. The summed E-state index contributed by atoms with van der Waals surface area (Å²) in [5.41, 5.74) is 0. The number of rotatable bonds is 5. The monoisotopic (exact) mass is 274 g/mol. The van der Waals surface area contributed by atoms with Gasteiger partial charge in [0.05, 0.1) is 0 Å². The van der Waals surface area contributed by atoms with Crippen LogP contribution in [0.2, 0.25) is 0 Å². The van der Waals surface area contributed by atoms with Gasteiger partial charge in [-0.15, -0.1) is 0 Å². The van der Waals surface area contributed by atoms with Gasteiger partial charge in [-0.3, -0.25) is 0 Å². The zero-order valence-corrected chi connectivity index (χ0v) is 12.6. The Hall–Kier alpha value is 0.230. The van der Waals surface area contributed by atoms with Gasteiger partial charge in [-0.2, -0.15) is 0 Å². The van der Waals surface area contributed by atoms with Crippen LogP contribution in [0.3, 0.4) is 0 Å². The van der Waals surface area contributed by atoms with Crippen molar-refractivity contribution in [1.82, 2.24) is 0 Å². The molecule has 5 nitrogen and oxygen atoms in total. The fourth-order valence-electron chi connectivity index (χ4n) is 1.96. The summed E-state index contributed by atoms with van der Waals surface area (Å²) in [5, 5.41) is 0. The van der Waals surface area contributed by atoms with E-state index >= 15 is 0 Å². The van der Waals surface area contributed by atoms with Crippen molar-refractivity contribution in [2.45, 2.75) is 44.6 Å². The molecule has 8 heteroatoms. The van der Waals surface area contributed by atoms with Crippen molar-refractivity contribution in [3.63, 3.8) is 0 Å². The Morgan fingerprint density at radius 3 is 2.44 bits per heavy atom. The minimum absolute atomic E-state index is 0.160. The van der Waals surface area contributed by atoms with Gasteiger partial charge < -0.3 is 0 Å². The van der Waals surface area contributed by atoms with E-state index in [1.54, 1.807) is 14.2 Å². The van der Waals surface area contributed by atoms with E-state index in [0.717, 1.165) is 6.42 Å². The summed E-state index contributed by atoms with van der Waals surface area (Å²) in [7, 11) is 9.71. The number of hydrogen-bond acceptors (Lipinski definition) is 5. The molecule has 1 saturated heterocycles. The molecule has 0 bridgehead atoms. The van der Waals surface area contributed by atoms with Crippen LogP contribution in [0, 0.1) is 0 Å². The second-order valence-corrected chi connectivity index (χ2v) is 5.95. The average Bonchev–Trinajstić information content (AvgIpc) is 2.27. The van der Waals surface area contributed by atoms with E-state index < -0.39 is 19.4 Å². The summed E-state index contributed by atoms with van der Waals surface area (Å²) >= 11 is 0. The van der Waals surface area contributed by atoms with Crippen LogP contribution in [0.25, 0.3) is 0 Å². The van der Waals surface area contributed by atoms with Crippen LogP contribution in [0.5, 0.6) is 0 Å². The van der Waals surface area contributed by atoms with Crippen molar-refractivity contribution in [3.05, 3.63) is 0 Å². The van der Waals surface area contributed by atoms with Gasteiger partial charge in [0.15, 0.2) is 0 Å². The molecule has 0 amide bonds. The molecule has 1 aliphatic rings. The van der Waals surface area contributed by atoms with E-state index in [4.69, 9.17) is 30.5 Å².